The molecule has 2 saturated carbocycles. The summed E-state index contributed by atoms with van der Waals surface area (Å²) in [4.78, 5) is 15.6. The number of nitrogens with one attached hydrogen (secondary N) is 2. The third kappa shape index (κ3) is 2.80. The van der Waals surface area contributed by atoms with Gasteiger partial charge in [0, 0.05) is 18.5 Å². The summed E-state index contributed by atoms with van der Waals surface area (Å²) in [6.45, 7) is 6.46. The second kappa shape index (κ2) is 6.36. The highest BCUT2D eigenvalue weighted by atomic mass is 16.3. The number of para-hydroxylation sites is 1. The maximum absolute atomic E-state index is 13.5. The number of nitrogens with zero attached hydrogens (tertiary/aromatic N) is 2. The molecule has 3 aliphatic heterocycles. The van der Waals surface area contributed by atoms with Gasteiger partial charge in [0.1, 0.15) is 0 Å². The zero-order chi connectivity index (χ0) is 19.6. The standard InChI is InChI=1S/C22H32N4O2/c1-13(2)19(26-18-6-4-5-14(3)21(18)23-24-26)9-20(27)25-16-7-15-8-17(25)12-22(28,10-15)11-16/h4-6,13,15-17,19,23-24,28H,7-12H2,1-3H3. The predicted octanol–water partition coefficient (Wildman–Crippen LogP) is 2.97. The van der Waals surface area contributed by atoms with E-state index in [1.165, 1.54) is 5.56 Å². The molecule has 5 aliphatic rings. The minimum Gasteiger partial charge on any atom is -0.390 e. The molecule has 1 amide bonds. The highest BCUT2D eigenvalue weighted by Crippen LogP contribution is 2.51. The summed E-state index contributed by atoms with van der Waals surface area (Å²) in [6, 6.07) is 6.80. The van der Waals surface area contributed by atoms with Gasteiger partial charge in [0.15, 0.2) is 0 Å². The van der Waals surface area contributed by atoms with E-state index in [0.29, 0.717) is 18.3 Å². The lowest BCUT2D eigenvalue weighted by atomic mass is 9.61. The van der Waals surface area contributed by atoms with Gasteiger partial charge < -0.3 is 15.4 Å². The first-order chi connectivity index (χ1) is 13.3. The van der Waals surface area contributed by atoms with Crippen molar-refractivity contribution < 1.29 is 9.90 Å². The summed E-state index contributed by atoms with van der Waals surface area (Å²) in [7, 11) is 0. The fourth-order valence-electron chi connectivity index (χ4n) is 6.36. The van der Waals surface area contributed by atoms with Gasteiger partial charge in [-0.25, -0.2) is 0 Å². The van der Waals surface area contributed by atoms with Crippen LogP contribution in [0.25, 0.3) is 0 Å². The Balaban J connectivity index is 1.36. The average molecular weight is 385 g/mol. The van der Waals surface area contributed by atoms with Crippen LogP contribution >= 0.6 is 0 Å². The average Bonchev–Trinajstić information content (AvgIpc) is 3.02. The number of piperidine rings is 2. The minimum absolute atomic E-state index is 0.0725. The number of carbonyl (C=O) groups is 1. The number of fused-ring (bicyclic) bond motifs is 1. The maximum atomic E-state index is 13.5. The predicted molar refractivity (Wildman–Crippen MR) is 110 cm³/mol. The van der Waals surface area contributed by atoms with Gasteiger partial charge in [-0.2, -0.15) is 0 Å². The van der Waals surface area contributed by atoms with Gasteiger partial charge in [-0.05, 0) is 62.5 Å². The number of aryl methyl sites for hydroxylation is 1. The third-order valence-electron chi connectivity index (χ3n) is 7.48. The summed E-state index contributed by atoms with van der Waals surface area (Å²) >= 11 is 0. The summed E-state index contributed by atoms with van der Waals surface area (Å²) in [5, 5.41) is 13.0. The van der Waals surface area contributed by atoms with Crippen molar-refractivity contribution in [2.75, 3.05) is 10.4 Å². The summed E-state index contributed by atoms with van der Waals surface area (Å²) in [5.41, 5.74) is 9.47. The van der Waals surface area contributed by atoms with E-state index >= 15 is 0 Å². The molecule has 3 unspecified atom stereocenters. The number of hydrogen-bond acceptors (Lipinski definition) is 5. The van der Waals surface area contributed by atoms with E-state index in [1.807, 2.05) is 0 Å². The van der Waals surface area contributed by atoms with E-state index < -0.39 is 5.60 Å². The fourth-order valence-corrected chi connectivity index (χ4v) is 6.36. The lowest BCUT2D eigenvalue weighted by Gasteiger charge is -2.60. The smallest absolute Gasteiger partial charge is 0.225 e. The van der Waals surface area contributed by atoms with Crippen molar-refractivity contribution in [3.8, 4) is 0 Å². The van der Waals surface area contributed by atoms with Gasteiger partial charge in [-0.15, -0.1) is 5.53 Å². The molecule has 2 saturated heterocycles. The molecule has 4 bridgehead atoms. The van der Waals surface area contributed by atoms with Crippen molar-refractivity contribution in [2.45, 2.75) is 83.0 Å². The molecular weight excluding hydrogens is 352 g/mol. The van der Waals surface area contributed by atoms with E-state index in [9.17, 15) is 9.90 Å². The molecular formula is C22H32N4O2. The van der Waals surface area contributed by atoms with Gasteiger partial charge in [0.25, 0.3) is 0 Å². The first-order valence-corrected chi connectivity index (χ1v) is 10.8. The molecule has 152 valence electrons. The Bertz CT molecular complexity index is 779. The molecule has 6 heteroatoms. The van der Waals surface area contributed by atoms with Gasteiger partial charge in [-0.3, -0.25) is 9.80 Å². The Hall–Kier alpha value is -1.79. The Labute approximate surface area is 167 Å². The van der Waals surface area contributed by atoms with Crippen LogP contribution in [0.1, 0.15) is 57.9 Å². The number of aliphatic hydroxyl groups is 1. The topological polar surface area (TPSA) is 67.8 Å². The van der Waals surface area contributed by atoms with Crippen LogP contribution in [-0.2, 0) is 4.79 Å². The third-order valence-corrected chi connectivity index (χ3v) is 7.48. The zero-order valence-electron chi connectivity index (χ0n) is 17.1. The molecule has 0 spiro atoms. The van der Waals surface area contributed by atoms with Gasteiger partial charge in [0.2, 0.25) is 5.91 Å². The van der Waals surface area contributed by atoms with E-state index in [-0.39, 0.29) is 24.0 Å². The van der Waals surface area contributed by atoms with Gasteiger partial charge in [0.05, 0.1) is 23.0 Å². The molecule has 1 aromatic carbocycles. The number of rotatable bonds is 4. The van der Waals surface area contributed by atoms with Gasteiger partial charge in [-0.1, -0.05) is 26.0 Å². The van der Waals surface area contributed by atoms with Crippen LogP contribution in [0.2, 0.25) is 0 Å². The first kappa shape index (κ1) is 18.3. The van der Waals surface area contributed by atoms with Crippen LogP contribution in [-0.4, -0.2) is 39.6 Å². The minimum atomic E-state index is -0.512. The number of carbonyl (C=O) groups excluding carboxylic acids is 1. The van der Waals surface area contributed by atoms with E-state index in [1.54, 1.807) is 0 Å². The van der Waals surface area contributed by atoms with E-state index in [2.05, 4.69) is 59.8 Å². The lowest BCUT2D eigenvalue weighted by Crippen LogP contribution is -2.66. The maximum Gasteiger partial charge on any atom is 0.225 e. The SMILES string of the molecule is Cc1cccc2c1NNN2C(CC(=O)N1C2CC3CC1CC(O)(C3)C2)C(C)C. The van der Waals surface area contributed by atoms with Crippen LogP contribution in [0.3, 0.4) is 0 Å². The number of benzene rings is 1. The number of hydrazine groups is 2. The largest absolute Gasteiger partial charge is 0.390 e. The second-order valence-electron chi connectivity index (χ2n) is 9.87. The van der Waals surface area contributed by atoms with Crippen LogP contribution in [0, 0.1) is 18.8 Å². The van der Waals surface area contributed by atoms with Crippen molar-refractivity contribution >= 4 is 17.3 Å². The molecule has 4 fully saturated rings. The Morgan fingerprint density at radius 2 is 1.96 bits per heavy atom. The molecule has 3 N–H and O–H groups in total. The molecule has 6 rings (SSSR count). The highest BCUT2D eigenvalue weighted by Gasteiger charge is 2.55. The van der Waals surface area contributed by atoms with Crippen molar-refractivity contribution in [3.05, 3.63) is 23.8 Å². The normalized spacial score (nSPS) is 34.0. The van der Waals surface area contributed by atoms with Crippen LogP contribution in [0.15, 0.2) is 18.2 Å². The molecule has 3 atom stereocenters. The zero-order valence-corrected chi connectivity index (χ0v) is 17.1. The van der Waals surface area contributed by atoms with Crippen molar-refractivity contribution in [1.29, 1.82) is 0 Å². The number of hydrogen-bond donors (Lipinski definition) is 3. The summed E-state index contributed by atoms with van der Waals surface area (Å²) < 4.78 is 0. The Kier molecular flexibility index (Phi) is 4.14. The van der Waals surface area contributed by atoms with Crippen LogP contribution in [0.5, 0.6) is 0 Å². The highest BCUT2D eigenvalue weighted by molar-refractivity contribution is 5.81. The molecule has 6 nitrogen and oxygen atoms in total. The molecule has 3 heterocycles. The lowest BCUT2D eigenvalue weighted by molar-refractivity contribution is -0.175. The van der Waals surface area contributed by atoms with Gasteiger partial charge >= 0.3 is 0 Å². The Morgan fingerprint density at radius 3 is 2.61 bits per heavy atom. The quantitative estimate of drug-likeness (QED) is 0.745. The fraction of sp³-hybridized carbons (Fsp3) is 0.682. The molecule has 2 aliphatic carbocycles. The summed E-state index contributed by atoms with van der Waals surface area (Å²) in [5.74, 6) is 1.18. The van der Waals surface area contributed by atoms with Crippen molar-refractivity contribution in [3.63, 3.8) is 0 Å². The van der Waals surface area contributed by atoms with Crippen molar-refractivity contribution in [2.24, 2.45) is 11.8 Å². The van der Waals surface area contributed by atoms with Crippen molar-refractivity contribution in [1.82, 2.24) is 10.4 Å². The summed E-state index contributed by atoms with van der Waals surface area (Å²) in [6.07, 6.45) is 5.12. The number of amides is 1. The number of anilines is 2. The molecule has 0 aromatic heterocycles. The molecule has 1 aromatic rings. The molecule has 28 heavy (non-hydrogen) atoms. The van der Waals surface area contributed by atoms with Crippen LogP contribution in [0.4, 0.5) is 11.4 Å². The monoisotopic (exact) mass is 384 g/mol. The van der Waals surface area contributed by atoms with E-state index in [0.717, 1.165) is 43.5 Å². The first-order valence-electron chi connectivity index (χ1n) is 10.8. The second-order valence-corrected chi connectivity index (χ2v) is 9.87. The van der Waals surface area contributed by atoms with E-state index in [4.69, 9.17) is 0 Å². The van der Waals surface area contributed by atoms with Crippen LogP contribution < -0.4 is 16.0 Å². The molecule has 0 radical (unpaired) electrons. The Morgan fingerprint density at radius 1 is 1.25 bits per heavy atom.